The van der Waals surface area contributed by atoms with E-state index in [1.807, 2.05) is 0 Å². The third-order valence-corrected chi connectivity index (χ3v) is 3.69. The number of benzene rings is 1. The molecule has 7 heteroatoms. The molecule has 0 aliphatic heterocycles. The highest BCUT2D eigenvalue weighted by atomic mass is 35.5. The zero-order valence-corrected chi connectivity index (χ0v) is 11.1. The van der Waals surface area contributed by atoms with E-state index in [2.05, 4.69) is 9.97 Å². The van der Waals surface area contributed by atoms with Gasteiger partial charge in [-0.2, -0.15) is 0 Å². The number of aromatic nitrogens is 2. The van der Waals surface area contributed by atoms with Gasteiger partial charge in [0.25, 0.3) is 0 Å². The Balaban J connectivity index is 2.40. The lowest BCUT2D eigenvalue weighted by atomic mass is 10.4. The van der Waals surface area contributed by atoms with Crippen LogP contribution in [0.3, 0.4) is 0 Å². The molecule has 2 rings (SSSR count). The van der Waals surface area contributed by atoms with E-state index >= 15 is 0 Å². The summed E-state index contributed by atoms with van der Waals surface area (Å²) in [6.45, 7) is 0. The molecule has 0 saturated carbocycles. The predicted molar refractivity (Wildman–Crippen MR) is 69.6 cm³/mol. The highest BCUT2D eigenvalue weighted by Gasteiger charge is 2.15. The molecule has 0 amide bonds. The molecule has 0 atom stereocenters. The molecule has 18 heavy (non-hydrogen) atoms. The highest BCUT2D eigenvalue weighted by molar-refractivity contribution is 7.99. The Kier molecular flexibility index (Phi) is 4.06. The van der Waals surface area contributed by atoms with Crippen molar-refractivity contribution in [3.63, 3.8) is 0 Å². The van der Waals surface area contributed by atoms with Gasteiger partial charge in [0.1, 0.15) is 5.03 Å². The third-order valence-electron chi connectivity index (χ3n) is 1.97. The Labute approximate surface area is 117 Å². The minimum absolute atomic E-state index is 0.112. The molecule has 1 heterocycles. The Hall–Kier alpha value is -1.30. The summed E-state index contributed by atoms with van der Waals surface area (Å²) in [6.07, 6.45) is 2.75. The second-order valence-electron chi connectivity index (χ2n) is 3.19. The van der Waals surface area contributed by atoms with Crippen LogP contribution in [0, 0.1) is 0 Å². The monoisotopic (exact) mass is 300 g/mol. The molecule has 0 fully saturated rings. The van der Waals surface area contributed by atoms with Crippen molar-refractivity contribution in [1.29, 1.82) is 0 Å². The van der Waals surface area contributed by atoms with E-state index in [1.54, 1.807) is 18.2 Å². The van der Waals surface area contributed by atoms with E-state index in [-0.39, 0.29) is 10.7 Å². The maximum Gasteiger partial charge on any atom is 0.357 e. The van der Waals surface area contributed by atoms with Crippen molar-refractivity contribution < 1.29 is 9.90 Å². The largest absolute Gasteiger partial charge is 0.476 e. The first-order valence-corrected chi connectivity index (χ1v) is 6.32. The minimum Gasteiger partial charge on any atom is -0.476 e. The summed E-state index contributed by atoms with van der Waals surface area (Å²) in [5, 5.41) is 10.3. The maximum absolute atomic E-state index is 11.0. The van der Waals surface area contributed by atoms with Crippen molar-refractivity contribution in [3.8, 4) is 0 Å². The van der Waals surface area contributed by atoms with E-state index < -0.39 is 5.97 Å². The molecular formula is C11H6Cl2N2O2S. The standard InChI is InChI=1S/C11H6Cl2N2O2S/c12-6-1-2-7(13)8(5-6)18-10-9(11(16)17)14-3-4-15-10/h1-5H,(H,16,17). The van der Waals surface area contributed by atoms with Gasteiger partial charge in [0.05, 0.1) is 5.02 Å². The van der Waals surface area contributed by atoms with Crippen LogP contribution in [0.15, 0.2) is 40.5 Å². The molecule has 1 N–H and O–H groups in total. The van der Waals surface area contributed by atoms with E-state index in [0.29, 0.717) is 14.9 Å². The van der Waals surface area contributed by atoms with Gasteiger partial charge in [0.2, 0.25) is 0 Å². The van der Waals surface area contributed by atoms with Crippen molar-refractivity contribution in [3.05, 3.63) is 46.3 Å². The maximum atomic E-state index is 11.0. The number of aromatic carboxylic acids is 1. The summed E-state index contributed by atoms with van der Waals surface area (Å²) in [5.41, 5.74) is -0.112. The van der Waals surface area contributed by atoms with Gasteiger partial charge in [-0.05, 0) is 18.2 Å². The first-order valence-electron chi connectivity index (χ1n) is 4.75. The summed E-state index contributed by atoms with van der Waals surface area (Å²) < 4.78 is 0. The molecular weight excluding hydrogens is 295 g/mol. The molecule has 2 aromatic rings. The number of halogens is 2. The lowest BCUT2D eigenvalue weighted by Gasteiger charge is -2.05. The van der Waals surface area contributed by atoms with E-state index in [9.17, 15) is 4.79 Å². The zero-order chi connectivity index (χ0) is 13.1. The molecule has 0 spiro atoms. The first-order chi connectivity index (χ1) is 8.58. The molecule has 0 bridgehead atoms. The third kappa shape index (κ3) is 2.93. The number of hydrogen-bond donors (Lipinski definition) is 1. The SMILES string of the molecule is O=C(O)c1nccnc1Sc1cc(Cl)ccc1Cl. The zero-order valence-electron chi connectivity index (χ0n) is 8.80. The van der Waals surface area contributed by atoms with Crippen LogP contribution in [0.1, 0.15) is 10.5 Å². The average molecular weight is 301 g/mol. The lowest BCUT2D eigenvalue weighted by molar-refractivity contribution is 0.0685. The number of nitrogens with zero attached hydrogens (tertiary/aromatic N) is 2. The number of carboxylic acids is 1. The first kappa shape index (κ1) is 13.1. The van der Waals surface area contributed by atoms with Gasteiger partial charge in [-0.3, -0.25) is 0 Å². The Bertz CT molecular complexity index is 607. The van der Waals surface area contributed by atoms with Crippen molar-refractivity contribution in [2.45, 2.75) is 9.92 Å². The predicted octanol–water partition coefficient (Wildman–Crippen LogP) is 3.63. The van der Waals surface area contributed by atoms with Crippen LogP contribution in [0.25, 0.3) is 0 Å². The number of carboxylic acid groups (broad SMARTS) is 1. The molecule has 0 unspecified atom stereocenters. The van der Waals surface area contributed by atoms with E-state index in [4.69, 9.17) is 28.3 Å². The Morgan fingerprint density at radius 1 is 1.22 bits per heavy atom. The van der Waals surface area contributed by atoms with Crippen molar-refractivity contribution in [1.82, 2.24) is 9.97 Å². The van der Waals surface area contributed by atoms with Gasteiger partial charge in [0, 0.05) is 22.3 Å². The van der Waals surface area contributed by atoms with Gasteiger partial charge >= 0.3 is 5.97 Å². The van der Waals surface area contributed by atoms with Crippen LogP contribution < -0.4 is 0 Å². The fourth-order valence-corrected chi connectivity index (χ4v) is 2.59. The highest BCUT2D eigenvalue weighted by Crippen LogP contribution is 2.35. The van der Waals surface area contributed by atoms with Crippen molar-refractivity contribution >= 4 is 40.9 Å². The molecule has 92 valence electrons. The summed E-state index contributed by atoms with van der Waals surface area (Å²) in [7, 11) is 0. The van der Waals surface area contributed by atoms with Crippen LogP contribution >= 0.6 is 35.0 Å². The Morgan fingerprint density at radius 3 is 2.67 bits per heavy atom. The van der Waals surface area contributed by atoms with Crippen molar-refractivity contribution in [2.75, 3.05) is 0 Å². The molecule has 1 aromatic carbocycles. The fourth-order valence-electron chi connectivity index (χ4n) is 1.21. The molecule has 0 saturated heterocycles. The van der Waals surface area contributed by atoms with E-state index in [1.165, 1.54) is 12.4 Å². The normalized spacial score (nSPS) is 10.3. The number of rotatable bonds is 3. The summed E-state index contributed by atoms with van der Waals surface area (Å²) in [6, 6.07) is 4.95. The van der Waals surface area contributed by atoms with Gasteiger partial charge in [-0.15, -0.1) is 0 Å². The molecule has 0 radical (unpaired) electrons. The topological polar surface area (TPSA) is 63.1 Å². The van der Waals surface area contributed by atoms with Gasteiger partial charge in [0.15, 0.2) is 5.69 Å². The van der Waals surface area contributed by atoms with Gasteiger partial charge < -0.3 is 5.11 Å². The molecule has 1 aromatic heterocycles. The van der Waals surface area contributed by atoms with Crippen LogP contribution in [0.4, 0.5) is 0 Å². The van der Waals surface area contributed by atoms with Crippen LogP contribution in [0.2, 0.25) is 10.0 Å². The van der Waals surface area contributed by atoms with Crippen LogP contribution in [0.5, 0.6) is 0 Å². The summed E-state index contributed by atoms with van der Waals surface area (Å²) >= 11 is 13.0. The van der Waals surface area contributed by atoms with Crippen molar-refractivity contribution in [2.24, 2.45) is 0 Å². The van der Waals surface area contributed by atoms with E-state index in [0.717, 1.165) is 11.8 Å². The van der Waals surface area contributed by atoms with Crippen LogP contribution in [-0.4, -0.2) is 21.0 Å². The van der Waals surface area contributed by atoms with Gasteiger partial charge in [-0.25, -0.2) is 14.8 Å². The fraction of sp³-hybridized carbons (Fsp3) is 0. The number of carbonyl (C=O) groups is 1. The van der Waals surface area contributed by atoms with Gasteiger partial charge in [-0.1, -0.05) is 35.0 Å². The lowest BCUT2D eigenvalue weighted by Crippen LogP contribution is -2.03. The second-order valence-corrected chi connectivity index (χ2v) is 5.07. The molecule has 0 aliphatic rings. The van der Waals surface area contributed by atoms with Crippen LogP contribution in [-0.2, 0) is 0 Å². The quantitative estimate of drug-likeness (QED) is 0.937. The minimum atomic E-state index is -1.14. The average Bonchev–Trinajstić information content (AvgIpc) is 2.34. The smallest absolute Gasteiger partial charge is 0.357 e. The Morgan fingerprint density at radius 2 is 1.94 bits per heavy atom. The summed E-state index contributed by atoms with van der Waals surface area (Å²) in [4.78, 5) is 19.4. The molecule has 0 aliphatic carbocycles. The summed E-state index contributed by atoms with van der Waals surface area (Å²) in [5.74, 6) is -1.14. The second kappa shape index (κ2) is 5.56. The molecule has 4 nitrogen and oxygen atoms in total. The number of hydrogen-bond acceptors (Lipinski definition) is 4.